The van der Waals surface area contributed by atoms with Crippen molar-refractivity contribution < 1.29 is 32.0 Å². The fraction of sp³-hybridized carbons (Fsp3) is 0.667. The molecule has 1 saturated heterocycles. The second-order valence-electron chi connectivity index (χ2n) is 7.00. The minimum absolute atomic E-state index is 0.205. The zero-order chi connectivity index (χ0) is 20.2. The van der Waals surface area contributed by atoms with Crippen LogP contribution in [0.4, 0.5) is 10.6 Å². The summed E-state index contributed by atoms with van der Waals surface area (Å²) in [6, 6.07) is 1.70. The molecule has 0 aromatic carbocycles. The average molecular weight is 404 g/mol. The highest BCUT2D eigenvalue weighted by atomic mass is 32.2. The highest BCUT2D eigenvalue weighted by molar-refractivity contribution is 7.85. The second-order valence-corrected chi connectivity index (χ2v) is 8.35. The molecule has 1 fully saturated rings. The summed E-state index contributed by atoms with van der Waals surface area (Å²) in [7, 11) is -4.40. The van der Waals surface area contributed by atoms with Crippen molar-refractivity contribution in [2.24, 2.45) is 0 Å². The summed E-state index contributed by atoms with van der Waals surface area (Å²) in [5.74, 6) is 0.514. The van der Waals surface area contributed by atoms with Crippen LogP contribution in [0.15, 0.2) is 12.4 Å². The lowest BCUT2D eigenvalue weighted by Gasteiger charge is -2.20. The third-order valence-corrected chi connectivity index (χ3v) is 4.19. The van der Waals surface area contributed by atoms with E-state index in [0.29, 0.717) is 5.82 Å². The molecule has 1 aliphatic heterocycles. The molecule has 0 radical (unpaired) electrons. The van der Waals surface area contributed by atoms with E-state index in [1.807, 2.05) is 0 Å². The van der Waals surface area contributed by atoms with E-state index in [9.17, 15) is 18.3 Å². The van der Waals surface area contributed by atoms with Gasteiger partial charge < -0.3 is 19.9 Å². The fourth-order valence-corrected chi connectivity index (χ4v) is 2.88. The lowest BCUT2D eigenvalue weighted by atomic mass is 10.2. The van der Waals surface area contributed by atoms with Crippen molar-refractivity contribution in [3.63, 3.8) is 0 Å². The number of hydrogen-bond acceptors (Lipinski definition) is 10. The lowest BCUT2D eigenvalue weighted by Crippen LogP contribution is -2.39. The standard InChI is InChI=1S/C15H24N4O7S/c1-9-5-12(17-8-16-9)18-13-6-10(20)11(25-13)7-24-27(22,23)19-14(21)26-15(2,3)4/h5,8,10-11,13,20H,6-7H2,1-4H3,(H,19,21)(H,16,17,18)/t10-,11+,13+/m0/s1. The van der Waals surface area contributed by atoms with Crippen molar-refractivity contribution >= 4 is 22.2 Å². The Kier molecular flexibility index (Phi) is 6.57. The number of anilines is 1. The number of carbonyl (C=O) groups is 1. The zero-order valence-electron chi connectivity index (χ0n) is 15.5. The molecule has 1 aromatic heterocycles. The Hall–Kier alpha value is -2.02. The van der Waals surface area contributed by atoms with Gasteiger partial charge in [-0.2, -0.15) is 13.1 Å². The van der Waals surface area contributed by atoms with Gasteiger partial charge in [0.15, 0.2) is 0 Å². The molecule has 2 heterocycles. The first-order valence-corrected chi connectivity index (χ1v) is 9.63. The van der Waals surface area contributed by atoms with Gasteiger partial charge in [0, 0.05) is 18.2 Å². The number of nitrogens with one attached hydrogen (secondary N) is 2. The molecule has 1 aliphatic rings. The summed E-state index contributed by atoms with van der Waals surface area (Å²) in [6.07, 6.45) is -2.00. The Labute approximate surface area is 157 Å². The smallest absolute Gasteiger partial charge is 0.423 e. The highest BCUT2D eigenvalue weighted by Gasteiger charge is 2.35. The molecular formula is C15H24N4O7S. The first-order valence-electron chi connectivity index (χ1n) is 8.22. The maximum Gasteiger partial charge on any atom is 0.423 e. The van der Waals surface area contributed by atoms with E-state index < -0.39 is 47.0 Å². The number of hydrogen-bond donors (Lipinski definition) is 3. The van der Waals surface area contributed by atoms with Crippen LogP contribution in [0.25, 0.3) is 0 Å². The number of aryl methyl sites for hydroxylation is 1. The number of carbonyl (C=O) groups excluding carboxylic acids is 1. The van der Waals surface area contributed by atoms with Crippen molar-refractivity contribution in [1.82, 2.24) is 14.7 Å². The molecule has 3 N–H and O–H groups in total. The van der Waals surface area contributed by atoms with E-state index >= 15 is 0 Å². The predicted octanol–water partition coefficient (Wildman–Crippen LogP) is 0.459. The van der Waals surface area contributed by atoms with Crippen molar-refractivity contribution in [2.75, 3.05) is 11.9 Å². The first-order chi connectivity index (χ1) is 12.4. The number of aliphatic hydroxyl groups excluding tert-OH is 1. The van der Waals surface area contributed by atoms with E-state index in [1.165, 1.54) is 6.33 Å². The molecule has 0 unspecified atom stereocenters. The van der Waals surface area contributed by atoms with Gasteiger partial charge in [-0.25, -0.2) is 14.8 Å². The summed E-state index contributed by atoms with van der Waals surface area (Å²) < 4.78 is 40.3. The monoisotopic (exact) mass is 404 g/mol. The van der Waals surface area contributed by atoms with E-state index in [0.717, 1.165) is 5.69 Å². The quantitative estimate of drug-likeness (QED) is 0.610. The molecule has 2 rings (SSSR count). The molecule has 0 bridgehead atoms. The number of ether oxygens (including phenoxy) is 2. The van der Waals surface area contributed by atoms with Gasteiger partial charge in [-0.15, -0.1) is 0 Å². The average Bonchev–Trinajstić information content (AvgIpc) is 2.82. The highest BCUT2D eigenvalue weighted by Crippen LogP contribution is 2.22. The van der Waals surface area contributed by atoms with Gasteiger partial charge in [0.25, 0.3) is 0 Å². The van der Waals surface area contributed by atoms with Gasteiger partial charge in [-0.3, -0.25) is 4.18 Å². The molecular weight excluding hydrogens is 380 g/mol. The summed E-state index contributed by atoms with van der Waals surface area (Å²) in [5, 5.41) is 13.0. The molecule has 0 spiro atoms. The molecule has 152 valence electrons. The van der Waals surface area contributed by atoms with Crippen LogP contribution in [0.3, 0.4) is 0 Å². The summed E-state index contributed by atoms with van der Waals surface area (Å²) >= 11 is 0. The number of rotatable bonds is 6. The minimum atomic E-state index is -4.40. The molecule has 0 aliphatic carbocycles. The van der Waals surface area contributed by atoms with Gasteiger partial charge in [0.05, 0.1) is 12.7 Å². The Balaban J connectivity index is 1.84. The van der Waals surface area contributed by atoms with Crippen LogP contribution in [0.5, 0.6) is 0 Å². The molecule has 1 aromatic rings. The molecule has 12 heteroatoms. The van der Waals surface area contributed by atoms with Gasteiger partial charge in [0.2, 0.25) is 0 Å². The van der Waals surface area contributed by atoms with E-state index in [2.05, 4.69) is 15.3 Å². The molecule has 11 nitrogen and oxygen atoms in total. The van der Waals surface area contributed by atoms with Gasteiger partial charge in [-0.1, -0.05) is 0 Å². The molecule has 0 saturated carbocycles. The maximum absolute atomic E-state index is 11.8. The Bertz CT molecular complexity index is 766. The largest absolute Gasteiger partial charge is 0.443 e. The molecule has 27 heavy (non-hydrogen) atoms. The second kappa shape index (κ2) is 8.33. The van der Waals surface area contributed by atoms with E-state index in [-0.39, 0.29) is 6.42 Å². The van der Waals surface area contributed by atoms with Crippen LogP contribution in [0.2, 0.25) is 0 Å². The van der Waals surface area contributed by atoms with E-state index in [1.54, 1.807) is 38.5 Å². The van der Waals surface area contributed by atoms with Crippen LogP contribution >= 0.6 is 0 Å². The van der Waals surface area contributed by atoms with Crippen LogP contribution in [0, 0.1) is 6.92 Å². The topological polar surface area (TPSA) is 149 Å². The Morgan fingerprint density at radius 1 is 1.41 bits per heavy atom. The number of nitrogens with zero attached hydrogens (tertiary/aromatic N) is 2. The number of amides is 1. The van der Waals surface area contributed by atoms with Crippen molar-refractivity contribution in [3.8, 4) is 0 Å². The van der Waals surface area contributed by atoms with Crippen LogP contribution in [-0.2, 0) is 24.0 Å². The Morgan fingerprint density at radius 3 is 2.74 bits per heavy atom. The van der Waals surface area contributed by atoms with E-state index in [4.69, 9.17) is 13.7 Å². The summed E-state index contributed by atoms with van der Waals surface area (Å²) in [6.45, 7) is 6.11. The number of aliphatic hydroxyl groups is 1. The van der Waals surface area contributed by atoms with Crippen LogP contribution in [-0.4, -0.2) is 60.2 Å². The van der Waals surface area contributed by atoms with Crippen LogP contribution in [0.1, 0.15) is 32.9 Å². The van der Waals surface area contributed by atoms with Gasteiger partial charge >= 0.3 is 16.4 Å². The van der Waals surface area contributed by atoms with Gasteiger partial charge in [0.1, 0.15) is 30.1 Å². The predicted molar refractivity (Wildman–Crippen MR) is 93.9 cm³/mol. The third kappa shape index (κ3) is 7.25. The summed E-state index contributed by atoms with van der Waals surface area (Å²) in [5.41, 5.74) is -0.104. The fourth-order valence-electron chi connectivity index (χ4n) is 2.26. The molecule has 1 amide bonds. The number of aromatic nitrogens is 2. The third-order valence-electron chi connectivity index (χ3n) is 3.33. The first kappa shape index (κ1) is 21.3. The van der Waals surface area contributed by atoms with Crippen molar-refractivity contribution in [1.29, 1.82) is 0 Å². The minimum Gasteiger partial charge on any atom is -0.443 e. The van der Waals surface area contributed by atoms with Crippen LogP contribution < -0.4 is 10.0 Å². The maximum atomic E-state index is 11.8. The summed E-state index contributed by atoms with van der Waals surface area (Å²) in [4.78, 5) is 19.5. The van der Waals surface area contributed by atoms with Crippen molar-refractivity contribution in [3.05, 3.63) is 18.1 Å². The lowest BCUT2D eigenvalue weighted by molar-refractivity contribution is -0.00784. The van der Waals surface area contributed by atoms with Crippen molar-refractivity contribution in [2.45, 2.75) is 58.2 Å². The SMILES string of the molecule is Cc1cc(N[C@H]2C[C@H](O)[C@@H](COS(=O)(=O)NC(=O)OC(C)(C)C)O2)ncn1. The zero-order valence-corrected chi connectivity index (χ0v) is 16.3. The molecule has 3 atom stereocenters. The van der Waals surface area contributed by atoms with Gasteiger partial charge in [-0.05, 0) is 27.7 Å². The Morgan fingerprint density at radius 2 is 2.11 bits per heavy atom. The normalized spacial score (nSPS) is 23.1.